The van der Waals surface area contributed by atoms with Gasteiger partial charge >= 0.3 is 5.97 Å². The van der Waals surface area contributed by atoms with E-state index < -0.39 is 11.8 Å². The van der Waals surface area contributed by atoms with Gasteiger partial charge in [-0.15, -0.1) is 0 Å². The van der Waals surface area contributed by atoms with Gasteiger partial charge in [0, 0.05) is 0 Å². The summed E-state index contributed by atoms with van der Waals surface area (Å²) in [5.41, 5.74) is -0.149. The first kappa shape index (κ1) is 12.0. The van der Waals surface area contributed by atoms with E-state index in [1.807, 2.05) is 0 Å². The Hall–Kier alpha value is -2.09. The van der Waals surface area contributed by atoms with Crippen LogP contribution in [0.5, 0.6) is 5.75 Å². The molecular weight excluding hydrogens is 213 g/mol. The Morgan fingerprint density at radius 1 is 1.56 bits per heavy atom. The molecule has 0 aromatic heterocycles. The molecule has 0 N–H and O–H groups in total. The van der Waals surface area contributed by atoms with Gasteiger partial charge in [-0.1, -0.05) is 0 Å². The summed E-state index contributed by atoms with van der Waals surface area (Å²) in [6, 6.07) is 4.07. The normalized spacial score (nSPS) is 9.38. The fraction of sp³-hybridized carbons (Fsp3) is 0.273. The van der Waals surface area contributed by atoms with E-state index in [9.17, 15) is 9.18 Å². The van der Waals surface area contributed by atoms with Crippen molar-refractivity contribution in [2.75, 3.05) is 13.7 Å². The van der Waals surface area contributed by atoms with Gasteiger partial charge in [0.2, 0.25) is 0 Å². The highest BCUT2D eigenvalue weighted by molar-refractivity contribution is 5.95. The van der Waals surface area contributed by atoms with Crippen molar-refractivity contribution in [2.24, 2.45) is 0 Å². The highest BCUT2D eigenvalue weighted by Crippen LogP contribution is 2.26. The van der Waals surface area contributed by atoms with Gasteiger partial charge in [0.25, 0.3) is 0 Å². The first-order valence-electron chi connectivity index (χ1n) is 4.59. The van der Waals surface area contributed by atoms with Gasteiger partial charge in [0.05, 0.1) is 19.3 Å². The summed E-state index contributed by atoms with van der Waals surface area (Å²) in [7, 11) is 1.22. The number of carbonyl (C=O) groups excluding carboxylic acids is 1. The van der Waals surface area contributed by atoms with E-state index >= 15 is 0 Å². The van der Waals surface area contributed by atoms with Gasteiger partial charge in [-0.25, -0.2) is 9.18 Å². The minimum absolute atomic E-state index is 0.0247. The Kier molecular flexibility index (Phi) is 3.84. The van der Waals surface area contributed by atoms with Crippen LogP contribution >= 0.6 is 0 Å². The fourth-order valence-electron chi connectivity index (χ4n) is 1.26. The van der Waals surface area contributed by atoms with Gasteiger partial charge < -0.3 is 9.47 Å². The molecule has 0 bridgehead atoms. The molecule has 16 heavy (non-hydrogen) atoms. The molecule has 4 nitrogen and oxygen atoms in total. The van der Waals surface area contributed by atoms with Crippen molar-refractivity contribution >= 4 is 5.97 Å². The number of halogens is 1. The topological polar surface area (TPSA) is 59.3 Å². The molecule has 0 fully saturated rings. The van der Waals surface area contributed by atoms with E-state index in [4.69, 9.17) is 14.7 Å². The molecule has 0 saturated carbocycles. The van der Waals surface area contributed by atoms with Crippen LogP contribution in [0, 0.1) is 17.1 Å². The smallest absolute Gasteiger partial charge is 0.343 e. The van der Waals surface area contributed by atoms with Gasteiger partial charge in [0.15, 0.2) is 11.6 Å². The average Bonchev–Trinajstić information content (AvgIpc) is 2.28. The molecule has 0 heterocycles. The first-order valence-corrected chi connectivity index (χ1v) is 4.59. The number of rotatable bonds is 3. The number of esters is 1. The number of benzene rings is 1. The molecule has 1 aromatic rings. The summed E-state index contributed by atoms with van der Waals surface area (Å²) < 4.78 is 22.8. The summed E-state index contributed by atoms with van der Waals surface area (Å²) in [5.74, 6) is -1.74. The van der Waals surface area contributed by atoms with Gasteiger partial charge in [-0.2, -0.15) is 5.26 Å². The molecule has 0 saturated heterocycles. The van der Waals surface area contributed by atoms with E-state index in [1.165, 1.54) is 13.2 Å². The lowest BCUT2D eigenvalue weighted by Crippen LogP contribution is -2.10. The first-order chi connectivity index (χ1) is 7.65. The van der Waals surface area contributed by atoms with Crippen LogP contribution in [0.1, 0.15) is 22.8 Å². The van der Waals surface area contributed by atoms with Gasteiger partial charge in [-0.3, -0.25) is 0 Å². The lowest BCUT2D eigenvalue weighted by Gasteiger charge is -2.09. The van der Waals surface area contributed by atoms with Crippen molar-refractivity contribution in [1.82, 2.24) is 0 Å². The van der Waals surface area contributed by atoms with Crippen molar-refractivity contribution < 1.29 is 18.7 Å². The SMILES string of the molecule is CCOC(=O)c1c(C#N)ccc(F)c1OC. The zero-order valence-electron chi connectivity index (χ0n) is 8.91. The minimum atomic E-state index is -0.768. The molecular formula is C11H10FNO3. The van der Waals surface area contributed by atoms with Crippen LogP contribution < -0.4 is 4.74 Å². The molecule has 0 amide bonds. The number of hydrogen-bond acceptors (Lipinski definition) is 4. The van der Waals surface area contributed by atoms with E-state index in [1.54, 1.807) is 13.0 Å². The summed E-state index contributed by atoms with van der Waals surface area (Å²) in [5, 5.41) is 8.81. The maximum absolute atomic E-state index is 13.3. The molecule has 84 valence electrons. The van der Waals surface area contributed by atoms with Crippen LogP contribution in [0.3, 0.4) is 0 Å². The van der Waals surface area contributed by atoms with Crippen LogP contribution in [-0.4, -0.2) is 19.7 Å². The number of nitriles is 1. The number of carbonyl (C=O) groups is 1. The second kappa shape index (κ2) is 5.12. The predicted molar refractivity (Wildman–Crippen MR) is 53.6 cm³/mol. The average molecular weight is 223 g/mol. The number of hydrogen-bond donors (Lipinski definition) is 0. The zero-order chi connectivity index (χ0) is 12.1. The monoisotopic (exact) mass is 223 g/mol. The molecule has 0 spiro atoms. The molecule has 0 aliphatic carbocycles. The highest BCUT2D eigenvalue weighted by atomic mass is 19.1. The molecule has 0 aliphatic rings. The van der Waals surface area contributed by atoms with E-state index in [0.717, 1.165) is 6.07 Å². The Balaban J connectivity index is 3.37. The second-order valence-electron chi connectivity index (χ2n) is 2.84. The number of methoxy groups -OCH3 is 1. The summed E-state index contributed by atoms with van der Waals surface area (Å²) in [4.78, 5) is 11.5. The van der Waals surface area contributed by atoms with E-state index in [-0.39, 0.29) is 23.5 Å². The molecule has 0 aliphatic heterocycles. The van der Waals surface area contributed by atoms with Crippen LogP contribution in [0.15, 0.2) is 12.1 Å². The predicted octanol–water partition coefficient (Wildman–Crippen LogP) is 1.88. The third-order valence-electron chi connectivity index (χ3n) is 1.91. The van der Waals surface area contributed by atoms with Crippen molar-refractivity contribution in [3.8, 4) is 11.8 Å². The molecule has 1 rings (SSSR count). The van der Waals surface area contributed by atoms with Crippen LogP contribution in [0.25, 0.3) is 0 Å². The van der Waals surface area contributed by atoms with Crippen molar-refractivity contribution in [3.05, 3.63) is 29.1 Å². The fourth-order valence-corrected chi connectivity index (χ4v) is 1.26. The lowest BCUT2D eigenvalue weighted by atomic mass is 10.1. The van der Waals surface area contributed by atoms with Crippen molar-refractivity contribution in [3.63, 3.8) is 0 Å². The molecule has 0 unspecified atom stereocenters. The third-order valence-corrected chi connectivity index (χ3v) is 1.91. The number of ether oxygens (including phenoxy) is 2. The zero-order valence-corrected chi connectivity index (χ0v) is 8.91. The summed E-state index contributed by atoms with van der Waals surface area (Å²) in [6.07, 6.45) is 0. The van der Waals surface area contributed by atoms with E-state index in [0.29, 0.717) is 0 Å². The standard InChI is InChI=1S/C11H10FNO3/c1-3-16-11(14)9-7(6-13)4-5-8(12)10(9)15-2/h4-5H,3H2,1-2H3. The van der Waals surface area contributed by atoms with Crippen molar-refractivity contribution in [2.45, 2.75) is 6.92 Å². The summed E-state index contributed by atoms with van der Waals surface area (Å²) >= 11 is 0. The van der Waals surface area contributed by atoms with Crippen molar-refractivity contribution in [1.29, 1.82) is 5.26 Å². The van der Waals surface area contributed by atoms with Crippen LogP contribution in [0.4, 0.5) is 4.39 Å². The molecule has 0 atom stereocenters. The van der Waals surface area contributed by atoms with Gasteiger partial charge in [-0.05, 0) is 19.1 Å². The second-order valence-corrected chi connectivity index (χ2v) is 2.84. The number of nitrogens with zero attached hydrogens (tertiary/aromatic N) is 1. The lowest BCUT2D eigenvalue weighted by molar-refractivity contribution is 0.0521. The Labute approximate surface area is 92.2 Å². The molecule has 5 heteroatoms. The molecule has 0 radical (unpaired) electrons. The Morgan fingerprint density at radius 3 is 2.75 bits per heavy atom. The van der Waals surface area contributed by atoms with Gasteiger partial charge in [0.1, 0.15) is 11.6 Å². The maximum Gasteiger partial charge on any atom is 0.343 e. The molecule has 1 aromatic carbocycles. The Bertz CT molecular complexity index is 451. The maximum atomic E-state index is 13.3. The largest absolute Gasteiger partial charge is 0.493 e. The Morgan fingerprint density at radius 2 is 2.25 bits per heavy atom. The highest BCUT2D eigenvalue weighted by Gasteiger charge is 2.21. The van der Waals surface area contributed by atoms with Crippen LogP contribution in [-0.2, 0) is 4.74 Å². The summed E-state index contributed by atoms with van der Waals surface area (Å²) in [6.45, 7) is 1.76. The minimum Gasteiger partial charge on any atom is -0.493 e. The third kappa shape index (κ3) is 2.11. The quantitative estimate of drug-likeness (QED) is 0.734. The van der Waals surface area contributed by atoms with Crippen LogP contribution in [0.2, 0.25) is 0 Å². The van der Waals surface area contributed by atoms with E-state index in [2.05, 4.69) is 0 Å².